The van der Waals surface area contributed by atoms with Crippen molar-refractivity contribution in [1.29, 1.82) is 0 Å². The van der Waals surface area contributed by atoms with Gasteiger partial charge in [-0.2, -0.15) is 0 Å². The standard InChI is InChI=1S/C13H20O5/c1-3-9(2)12(15)18-13(6-7-16-8-13)10-4-5-11(14)17-10/h9-10H,3-8H2,1-2H3. The van der Waals surface area contributed by atoms with Gasteiger partial charge in [-0.15, -0.1) is 0 Å². The van der Waals surface area contributed by atoms with E-state index in [0.717, 1.165) is 6.42 Å². The van der Waals surface area contributed by atoms with Gasteiger partial charge in [0.2, 0.25) is 0 Å². The molecule has 0 N–H and O–H groups in total. The highest BCUT2D eigenvalue weighted by Crippen LogP contribution is 2.35. The van der Waals surface area contributed by atoms with E-state index < -0.39 is 5.60 Å². The molecule has 2 saturated heterocycles. The molecule has 2 aliphatic rings. The molecule has 3 unspecified atom stereocenters. The first-order valence-corrected chi connectivity index (χ1v) is 6.57. The van der Waals surface area contributed by atoms with Crippen LogP contribution in [0.3, 0.4) is 0 Å². The molecule has 0 spiro atoms. The van der Waals surface area contributed by atoms with Crippen molar-refractivity contribution < 1.29 is 23.8 Å². The summed E-state index contributed by atoms with van der Waals surface area (Å²) in [5, 5.41) is 0. The van der Waals surface area contributed by atoms with Gasteiger partial charge in [-0.3, -0.25) is 9.59 Å². The molecular weight excluding hydrogens is 236 g/mol. The Kier molecular flexibility index (Phi) is 3.90. The first-order chi connectivity index (χ1) is 8.57. The molecule has 0 bridgehead atoms. The molecule has 2 heterocycles. The van der Waals surface area contributed by atoms with Gasteiger partial charge in [0.05, 0.1) is 19.1 Å². The molecule has 0 aliphatic carbocycles. The third-order valence-corrected chi connectivity index (χ3v) is 3.81. The quantitative estimate of drug-likeness (QED) is 0.712. The SMILES string of the molecule is CCC(C)C(=O)OC1(C2CCC(=O)O2)CCOC1. The van der Waals surface area contributed by atoms with Gasteiger partial charge in [0.25, 0.3) is 0 Å². The maximum absolute atomic E-state index is 12.0. The van der Waals surface area contributed by atoms with Gasteiger partial charge in [0.1, 0.15) is 6.10 Å². The van der Waals surface area contributed by atoms with Gasteiger partial charge in [-0.25, -0.2) is 0 Å². The molecule has 0 amide bonds. The zero-order chi connectivity index (χ0) is 13.2. The summed E-state index contributed by atoms with van der Waals surface area (Å²) in [6.45, 7) is 4.65. The minimum atomic E-state index is -0.757. The second kappa shape index (κ2) is 5.26. The topological polar surface area (TPSA) is 61.8 Å². The van der Waals surface area contributed by atoms with Gasteiger partial charge in [-0.1, -0.05) is 13.8 Å². The van der Waals surface area contributed by atoms with Crippen molar-refractivity contribution >= 4 is 11.9 Å². The van der Waals surface area contributed by atoms with Crippen molar-refractivity contribution in [2.75, 3.05) is 13.2 Å². The summed E-state index contributed by atoms with van der Waals surface area (Å²) in [7, 11) is 0. The number of carbonyl (C=O) groups is 2. The number of cyclic esters (lactones) is 1. The number of hydrogen-bond acceptors (Lipinski definition) is 5. The molecule has 5 heteroatoms. The van der Waals surface area contributed by atoms with Crippen LogP contribution in [0.4, 0.5) is 0 Å². The zero-order valence-electron chi connectivity index (χ0n) is 10.9. The summed E-state index contributed by atoms with van der Waals surface area (Å²) in [6, 6.07) is 0. The van der Waals surface area contributed by atoms with E-state index in [1.54, 1.807) is 0 Å². The molecule has 0 radical (unpaired) electrons. The Bertz CT molecular complexity index is 332. The fourth-order valence-corrected chi connectivity index (χ4v) is 2.33. The third-order valence-electron chi connectivity index (χ3n) is 3.81. The van der Waals surface area contributed by atoms with Crippen LogP contribution in [0.25, 0.3) is 0 Å². The second-order valence-corrected chi connectivity index (χ2v) is 5.11. The summed E-state index contributed by atoms with van der Waals surface area (Å²) in [5.41, 5.74) is -0.757. The van der Waals surface area contributed by atoms with E-state index in [9.17, 15) is 9.59 Å². The van der Waals surface area contributed by atoms with Gasteiger partial charge >= 0.3 is 11.9 Å². The normalized spacial score (nSPS) is 33.2. The van der Waals surface area contributed by atoms with Crippen LogP contribution < -0.4 is 0 Å². The molecule has 0 aromatic heterocycles. The Morgan fingerprint density at radius 2 is 2.39 bits per heavy atom. The molecular formula is C13H20O5. The lowest BCUT2D eigenvalue weighted by molar-refractivity contribution is -0.183. The van der Waals surface area contributed by atoms with Crippen LogP contribution in [-0.4, -0.2) is 36.9 Å². The summed E-state index contributed by atoms with van der Waals surface area (Å²) in [6.07, 6.45) is 2.00. The summed E-state index contributed by atoms with van der Waals surface area (Å²) < 4.78 is 16.3. The average Bonchev–Trinajstić information content (AvgIpc) is 2.98. The summed E-state index contributed by atoms with van der Waals surface area (Å²) >= 11 is 0. The van der Waals surface area contributed by atoms with Gasteiger partial charge in [0.15, 0.2) is 5.60 Å². The number of ether oxygens (including phenoxy) is 3. The van der Waals surface area contributed by atoms with Crippen molar-refractivity contribution in [3.63, 3.8) is 0 Å². The van der Waals surface area contributed by atoms with Crippen molar-refractivity contribution in [2.24, 2.45) is 5.92 Å². The number of hydrogen-bond donors (Lipinski definition) is 0. The predicted molar refractivity (Wildman–Crippen MR) is 62.8 cm³/mol. The summed E-state index contributed by atoms with van der Waals surface area (Å²) in [4.78, 5) is 23.2. The molecule has 0 aromatic carbocycles. The monoisotopic (exact) mass is 256 g/mol. The minimum absolute atomic E-state index is 0.139. The van der Waals surface area contributed by atoms with Crippen molar-refractivity contribution in [3.05, 3.63) is 0 Å². The molecule has 0 aromatic rings. The first kappa shape index (κ1) is 13.3. The lowest BCUT2D eigenvalue weighted by Gasteiger charge is -2.33. The molecule has 2 rings (SSSR count). The van der Waals surface area contributed by atoms with Crippen LogP contribution in [0, 0.1) is 5.92 Å². The predicted octanol–water partition coefficient (Wildman–Crippen LogP) is 1.44. The molecule has 5 nitrogen and oxygen atoms in total. The van der Waals surface area contributed by atoms with Crippen molar-refractivity contribution in [1.82, 2.24) is 0 Å². The van der Waals surface area contributed by atoms with E-state index in [1.165, 1.54) is 0 Å². The van der Waals surface area contributed by atoms with E-state index in [-0.39, 0.29) is 24.0 Å². The van der Waals surface area contributed by atoms with Crippen LogP contribution >= 0.6 is 0 Å². The van der Waals surface area contributed by atoms with E-state index in [0.29, 0.717) is 32.5 Å². The van der Waals surface area contributed by atoms with Crippen LogP contribution in [-0.2, 0) is 23.8 Å². The Labute approximate surface area is 107 Å². The van der Waals surface area contributed by atoms with E-state index in [2.05, 4.69) is 0 Å². The smallest absolute Gasteiger partial charge is 0.309 e. The van der Waals surface area contributed by atoms with Gasteiger partial charge in [0, 0.05) is 12.8 Å². The molecule has 2 aliphatic heterocycles. The van der Waals surface area contributed by atoms with E-state index in [1.807, 2.05) is 13.8 Å². The third kappa shape index (κ3) is 2.51. The number of esters is 2. The Morgan fingerprint density at radius 1 is 1.61 bits per heavy atom. The molecule has 2 fully saturated rings. The molecule has 3 atom stereocenters. The highest BCUT2D eigenvalue weighted by molar-refractivity contribution is 5.73. The van der Waals surface area contributed by atoms with Gasteiger partial charge in [-0.05, 0) is 12.8 Å². The Balaban J connectivity index is 2.07. The average molecular weight is 256 g/mol. The van der Waals surface area contributed by atoms with Crippen molar-refractivity contribution in [2.45, 2.75) is 51.2 Å². The maximum atomic E-state index is 12.0. The Morgan fingerprint density at radius 3 is 2.89 bits per heavy atom. The molecule has 102 valence electrons. The molecule has 0 saturated carbocycles. The largest absolute Gasteiger partial charge is 0.458 e. The lowest BCUT2D eigenvalue weighted by Crippen LogP contribution is -2.47. The van der Waals surface area contributed by atoms with E-state index in [4.69, 9.17) is 14.2 Å². The highest BCUT2D eigenvalue weighted by Gasteiger charge is 2.50. The van der Waals surface area contributed by atoms with Crippen molar-refractivity contribution in [3.8, 4) is 0 Å². The second-order valence-electron chi connectivity index (χ2n) is 5.11. The van der Waals surface area contributed by atoms with Crippen LogP contribution in [0.5, 0.6) is 0 Å². The zero-order valence-corrected chi connectivity index (χ0v) is 10.9. The van der Waals surface area contributed by atoms with E-state index >= 15 is 0 Å². The maximum Gasteiger partial charge on any atom is 0.309 e. The van der Waals surface area contributed by atoms with Crippen LogP contribution in [0.15, 0.2) is 0 Å². The Hall–Kier alpha value is -1.10. The van der Waals surface area contributed by atoms with Crippen LogP contribution in [0.2, 0.25) is 0 Å². The minimum Gasteiger partial charge on any atom is -0.458 e. The number of rotatable bonds is 4. The summed E-state index contributed by atoms with van der Waals surface area (Å²) in [5.74, 6) is -0.587. The van der Waals surface area contributed by atoms with Crippen LogP contribution in [0.1, 0.15) is 39.5 Å². The highest BCUT2D eigenvalue weighted by atomic mass is 16.6. The lowest BCUT2D eigenvalue weighted by atomic mass is 9.93. The first-order valence-electron chi connectivity index (χ1n) is 6.57. The molecule has 18 heavy (non-hydrogen) atoms. The fraction of sp³-hybridized carbons (Fsp3) is 0.846. The number of carbonyl (C=O) groups excluding carboxylic acids is 2. The van der Waals surface area contributed by atoms with Gasteiger partial charge < -0.3 is 14.2 Å². The fourth-order valence-electron chi connectivity index (χ4n) is 2.33.